The van der Waals surface area contributed by atoms with Gasteiger partial charge in [-0.2, -0.15) is 4.39 Å². The largest absolute Gasteiger partial charge is 0.345 e. The van der Waals surface area contributed by atoms with E-state index in [1.807, 2.05) is 18.3 Å². The van der Waals surface area contributed by atoms with Gasteiger partial charge >= 0.3 is 0 Å². The van der Waals surface area contributed by atoms with Gasteiger partial charge in [0.05, 0.1) is 22.2 Å². The molecule has 5 rings (SSSR count). The normalized spacial score (nSPS) is 13.7. The Morgan fingerprint density at radius 1 is 1.14 bits per heavy atom. The van der Waals surface area contributed by atoms with Gasteiger partial charge in [-0.15, -0.1) is 0 Å². The number of halogens is 1. The molecule has 0 unspecified atom stereocenters. The second-order valence-corrected chi connectivity index (χ2v) is 7.40. The second kappa shape index (κ2) is 6.84. The van der Waals surface area contributed by atoms with Crippen molar-refractivity contribution in [3.63, 3.8) is 0 Å². The van der Waals surface area contributed by atoms with Crippen LogP contribution >= 0.6 is 0 Å². The smallest absolute Gasteiger partial charge is 0.224 e. The summed E-state index contributed by atoms with van der Waals surface area (Å²) in [4.78, 5) is 32.6. The van der Waals surface area contributed by atoms with E-state index >= 15 is 0 Å². The van der Waals surface area contributed by atoms with Crippen LogP contribution in [0, 0.1) is 12.9 Å². The van der Waals surface area contributed by atoms with E-state index < -0.39 is 11.7 Å². The first-order chi connectivity index (χ1) is 14.1. The number of pyridine rings is 2. The Balaban J connectivity index is 1.40. The van der Waals surface area contributed by atoms with Crippen molar-refractivity contribution < 1.29 is 9.18 Å². The number of ketones is 1. The lowest BCUT2D eigenvalue weighted by Crippen LogP contribution is -2.08. The fraction of sp³-hybridized carbons (Fsp3) is 0.227. The molecule has 1 N–H and O–H groups in total. The Kier molecular flexibility index (Phi) is 4.16. The highest BCUT2D eigenvalue weighted by molar-refractivity contribution is 6.16. The van der Waals surface area contributed by atoms with E-state index in [2.05, 4.69) is 24.9 Å². The van der Waals surface area contributed by atoms with Gasteiger partial charge in [-0.05, 0) is 43.5 Å². The van der Waals surface area contributed by atoms with E-state index in [1.54, 1.807) is 13.0 Å². The van der Waals surface area contributed by atoms with Crippen molar-refractivity contribution in [3.05, 3.63) is 82.7 Å². The highest BCUT2D eigenvalue weighted by Gasteiger charge is 2.24. The highest BCUT2D eigenvalue weighted by atomic mass is 19.1. The average molecular weight is 387 g/mol. The average Bonchev–Trinajstić information content (AvgIpc) is 3.47. The van der Waals surface area contributed by atoms with Crippen molar-refractivity contribution in [1.29, 1.82) is 0 Å². The first-order valence-corrected chi connectivity index (χ1v) is 9.54. The molecule has 144 valence electrons. The maximum atomic E-state index is 14.7. The van der Waals surface area contributed by atoms with Crippen molar-refractivity contribution >= 4 is 16.8 Å². The van der Waals surface area contributed by atoms with Gasteiger partial charge in [-0.25, -0.2) is 15.0 Å². The quantitative estimate of drug-likeness (QED) is 0.415. The Morgan fingerprint density at radius 2 is 2.00 bits per heavy atom. The summed E-state index contributed by atoms with van der Waals surface area (Å²) in [7, 11) is 0. The molecular weight excluding hydrogens is 369 g/mol. The van der Waals surface area contributed by atoms with E-state index in [9.17, 15) is 9.18 Å². The first-order valence-electron chi connectivity index (χ1n) is 9.54. The van der Waals surface area contributed by atoms with Gasteiger partial charge < -0.3 is 4.98 Å². The minimum atomic E-state index is -0.779. The number of rotatable bonds is 5. The molecule has 0 spiro atoms. The number of nitrogens with one attached hydrogen (secondary N) is 1. The monoisotopic (exact) mass is 387 g/mol. The molecule has 7 heteroatoms. The zero-order valence-electron chi connectivity index (χ0n) is 15.8. The lowest BCUT2D eigenvalue weighted by Gasteiger charge is -2.06. The Bertz CT molecular complexity index is 1230. The topological polar surface area (TPSA) is 84.4 Å². The Labute approximate surface area is 166 Å². The van der Waals surface area contributed by atoms with Crippen LogP contribution in [0.3, 0.4) is 0 Å². The molecule has 0 bridgehead atoms. The van der Waals surface area contributed by atoms with E-state index in [0.29, 0.717) is 40.3 Å². The number of hydrogen-bond donors (Lipinski definition) is 1. The first kappa shape index (κ1) is 17.6. The minimum Gasteiger partial charge on any atom is -0.345 e. The third kappa shape index (κ3) is 3.29. The highest BCUT2D eigenvalue weighted by Crippen LogP contribution is 2.38. The molecule has 0 radical (unpaired) electrons. The van der Waals surface area contributed by atoms with E-state index in [4.69, 9.17) is 0 Å². The summed E-state index contributed by atoms with van der Waals surface area (Å²) in [5.41, 5.74) is 4.11. The van der Waals surface area contributed by atoms with Gasteiger partial charge in [0.15, 0.2) is 5.78 Å². The van der Waals surface area contributed by atoms with Crippen LogP contribution in [0.2, 0.25) is 0 Å². The van der Waals surface area contributed by atoms with Gasteiger partial charge in [0.25, 0.3) is 0 Å². The zero-order chi connectivity index (χ0) is 20.0. The van der Waals surface area contributed by atoms with Crippen molar-refractivity contribution in [2.24, 2.45) is 0 Å². The van der Waals surface area contributed by atoms with E-state index in [0.717, 1.165) is 11.3 Å². The van der Waals surface area contributed by atoms with Crippen LogP contribution < -0.4 is 0 Å². The summed E-state index contributed by atoms with van der Waals surface area (Å²) in [6.45, 7) is 1.79. The van der Waals surface area contributed by atoms with Crippen molar-refractivity contribution in [2.45, 2.75) is 32.1 Å². The van der Waals surface area contributed by atoms with E-state index in [1.165, 1.54) is 31.4 Å². The second-order valence-electron chi connectivity index (χ2n) is 7.40. The lowest BCUT2D eigenvalue weighted by atomic mass is 10.0. The third-order valence-corrected chi connectivity index (χ3v) is 5.28. The molecule has 29 heavy (non-hydrogen) atoms. The maximum absolute atomic E-state index is 14.7. The number of carbonyl (C=O) groups is 1. The summed E-state index contributed by atoms with van der Waals surface area (Å²) >= 11 is 0. The Hall–Kier alpha value is -3.48. The van der Waals surface area contributed by atoms with Gasteiger partial charge in [0, 0.05) is 36.1 Å². The van der Waals surface area contributed by atoms with Crippen molar-refractivity contribution in [2.75, 3.05) is 0 Å². The van der Waals surface area contributed by atoms with Crippen molar-refractivity contribution in [3.8, 4) is 0 Å². The third-order valence-electron chi connectivity index (χ3n) is 5.28. The van der Waals surface area contributed by atoms with Crippen LogP contribution in [0.25, 0.3) is 11.0 Å². The fourth-order valence-electron chi connectivity index (χ4n) is 3.55. The standard InChI is InChI=1S/C22H18FN5O/c1-12-19-17(10-25-22(19)27-11-26-12)20(29)16-6-5-15(28-21(16)23)8-13-2-7-18(24-9-13)14-3-4-14/h2,5-7,9-11,14H,3-4,8H2,1H3,(H,25,26,27). The fourth-order valence-corrected chi connectivity index (χ4v) is 3.55. The van der Waals surface area contributed by atoms with Crippen molar-refractivity contribution in [1.82, 2.24) is 24.9 Å². The van der Waals surface area contributed by atoms with Gasteiger partial charge in [0.2, 0.25) is 5.95 Å². The van der Waals surface area contributed by atoms with Gasteiger partial charge in [-0.1, -0.05) is 6.07 Å². The number of aryl methyl sites for hydroxylation is 1. The Morgan fingerprint density at radius 3 is 2.72 bits per heavy atom. The molecule has 1 aliphatic rings. The van der Waals surface area contributed by atoms with Crippen LogP contribution in [-0.4, -0.2) is 30.7 Å². The summed E-state index contributed by atoms with van der Waals surface area (Å²) in [6, 6.07) is 7.21. The van der Waals surface area contributed by atoms with Gasteiger partial charge in [-0.3, -0.25) is 9.78 Å². The molecule has 4 aromatic rings. The van der Waals surface area contributed by atoms with Crippen LogP contribution in [0.15, 0.2) is 43.0 Å². The maximum Gasteiger partial charge on any atom is 0.224 e. The zero-order valence-corrected chi connectivity index (χ0v) is 15.8. The number of aromatic amines is 1. The number of hydrogen-bond acceptors (Lipinski definition) is 5. The minimum absolute atomic E-state index is 0.0693. The van der Waals surface area contributed by atoms with Crippen LogP contribution in [-0.2, 0) is 6.42 Å². The molecule has 6 nitrogen and oxygen atoms in total. The lowest BCUT2D eigenvalue weighted by molar-refractivity contribution is 0.103. The number of carbonyl (C=O) groups excluding carboxylic acids is 1. The molecule has 4 heterocycles. The number of aromatic nitrogens is 5. The number of nitrogens with zero attached hydrogens (tertiary/aromatic N) is 4. The summed E-state index contributed by atoms with van der Waals surface area (Å²) in [6.07, 6.45) is 7.65. The van der Waals surface area contributed by atoms with Gasteiger partial charge in [0.1, 0.15) is 12.0 Å². The molecule has 4 aromatic heterocycles. The molecule has 1 fully saturated rings. The molecular formula is C22H18FN5O. The molecule has 0 amide bonds. The molecule has 0 aromatic carbocycles. The predicted molar refractivity (Wildman–Crippen MR) is 105 cm³/mol. The summed E-state index contributed by atoms with van der Waals surface area (Å²) in [5.74, 6) is -0.622. The van der Waals surface area contributed by atoms with Crippen LogP contribution in [0.5, 0.6) is 0 Å². The molecule has 0 aliphatic heterocycles. The van der Waals surface area contributed by atoms with E-state index in [-0.39, 0.29) is 5.56 Å². The number of fused-ring (bicyclic) bond motifs is 1. The van der Waals surface area contributed by atoms with Crippen LogP contribution in [0.4, 0.5) is 4.39 Å². The molecule has 1 saturated carbocycles. The molecule has 0 saturated heterocycles. The predicted octanol–water partition coefficient (Wildman–Crippen LogP) is 3.89. The molecule has 1 aliphatic carbocycles. The summed E-state index contributed by atoms with van der Waals surface area (Å²) < 4.78 is 14.7. The number of H-pyrrole nitrogens is 1. The SMILES string of the molecule is Cc1ncnc2[nH]cc(C(=O)c3ccc(Cc4ccc(C5CC5)nc4)nc3F)c12. The molecule has 0 atom stereocenters. The summed E-state index contributed by atoms with van der Waals surface area (Å²) in [5, 5.41) is 0.600. The van der Waals surface area contributed by atoms with Crippen LogP contribution in [0.1, 0.15) is 57.3 Å².